The van der Waals surface area contributed by atoms with Crippen LogP contribution >= 0.6 is 11.3 Å². The number of morpholine rings is 1. The van der Waals surface area contributed by atoms with Gasteiger partial charge in [0, 0.05) is 25.8 Å². The van der Waals surface area contributed by atoms with Crippen LogP contribution in [-0.2, 0) is 4.74 Å². The van der Waals surface area contributed by atoms with Gasteiger partial charge in [-0.3, -0.25) is 4.79 Å². The lowest BCUT2D eigenvalue weighted by molar-refractivity contribution is -0.00494. The summed E-state index contributed by atoms with van der Waals surface area (Å²) < 4.78 is 5.62. The molecule has 2 aliphatic rings. The molecule has 0 N–H and O–H groups in total. The first kappa shape index (κ1) is 15.5. The first-order valence-corrected chi connectivity index (χ1v) is 9.21. The highest BCUT2D eigenvalue weighted by molar-refractivity contribution is 7.12. The molecule has 6 nitrogen and oxygen atoms in total. The van der Waals surface area contributed by atoms with Crippen LogP contribution in [-0.4, -0.2) is 53.6 Å². The molecular weight excluding hydrogens is 324 g/mol. The summed E-state index contributed by atoms with van der Waals surface area (Å²) in [6.07, 6.45) is 4.20. The van der Waals surface area contributed by atoms with Gasteiger partial charge in [-0.05, 0) is 30.4 Å². The van der Waals surface area contributed by atoms with E-state index in [1.807, 2.05) is 28.5 Å². The fraction of sp³-hybridized carbons (Fsp3) is 0.471. The van der Waals surface area contributed by atoms with Crippen molar-refractivity contribution in [2.24, 2.45) is 0 Å². The van der Waals surface area contributed by atoms with E-state index in [-0.39, 0.29) is 11.9 Å². The summed E-state index contributed by atoms with van der Waals surface area (Å²) in [6, 6.07) is 5.49. The Labute approximate surface area is 145 Å². The number of nitrogens with zero attached hydrogens (tertiary/aromatic N) is 4. The van der Waals surface area contributed by atoms with Gasteiger partial charge in [-0.25, -0.2) is 9.97 Å². The normalized spacial score (nSPS) is 21.2. The molecule has 4 rings (SSSR count). The number of hydrogen-bond acceptors (Lipinski definition) is 6. The molecule has 1 atom stereocenters. The summed E-state index contributed by atoms with van der Waals surface area (Å²) in [5, 5.41) is 1.92. The molecule has 2 fully saturated rings. The zero-order valence-electron chi connectivity index (χ0n) is 13.4. The van der Waals surface area contributed by atoms with Crippen LogP contribution in [0, 0.1) is 0 Å². The van der Waals surface area contributed by atoms with E-state index in [9.17, 15) is 4.79 Å². The van der Waals surface area contributed by atoms with Gasteiger partial charge in [0.05, 0.1) is 18.1 Å². The second-order valence-corrected chi connectivity index (χ2v) is 6.98. The quantitative estimate of drug-likeness (QED) is 0.855. The summed E-state index contributed by atoms with van der Waals surface area (Å²) in [5.74, 6) is 1.66. The molecule has 0 bridgehead atoms. The van der Waals surface area contributed by atoms with Crippen LogP contribution in [0.5, 0.6) is 0 Å². The van der Waals surface area contributed by atoms with Crippen LogP contribution in [0.2, 0.25) is 0 Å². The molecule has 2 aromatic rings. The average Bonchev–Trinajstić information content (AvgIpc) is 3.35. The van der Waals surface area contributed by atoms with E-state index >= 15 is 0 Å². The van der Waals surface area contributed by atoms with E-state index in [1.165, 1.54) is 24.2 Å². The third-order valence-corrected chi connectivity index (χ3v) is 5.37. The molecule has 2 aromatic heterocycles. The number of carbonyl (C=O) groups is 1. The zero-order chi connectivity index (χ0) is 16.4. The number of hydrogen-bond donors (Lipinski definition) is 0. The third-order valence-electron chi connectivity index (χ3n) is 4.51. The second-order valence-electron chi connectivity index (χ2n) is 6.03. The van der Waals surface area contributed by atoms with Crippen LogP contribution in [0.1, 0.15) is 34.4 Å². The number of thiophene rings is 1. The Morgan fingerprint density at radius 1 is 1.25 bits per heavy atom. The number of aromatic nitrogens is 2. The highest BCUT2D eigenvalue weighted by Gasteiger charge is 2.32. The van der Waals surface area contributed by atoms with Crippen LogP contribution in [0.15, 0.2) is 29.8 Å². The Balaban J connectivity index is 1.60. The third kappa shape index (κ3) is 3.01. The van der Waals surface area contributed by atoms with Crippen molar-refractivity contribution in [1.29, 1.82) is 0 Å². The van der Waals surface area contributed by atoms with E-state index in [2.05, 4.69) is 9.88 Å². The van der Waals surface area contributed by atoms with Gasteiger partial charge >= 0.3 is 0 Å². The molecule has 4 heterocycles. The standard InChI is InChI=1S/C17H20N4O2S/c22-17(14-4-3-11-24-14)21-9-10-23-12-13(21)16-18-6-5-15(19-16)20-7-1-2-8-20/h3-6,11,13H,1-2,7-10,12H2/t13-/m1/s1. The van der Waals surface area contributed by atoms with Gasteiger partial charge in [-0.1, -0.05) is 6.07 Å². The molecule has 0 saturated carbocycles. The highest BCUT2D eigenvalue weighted by Crippen LogP contribution is 2.26. The largest absolute Gasteiger partial charge is 0.377 e. The molecule has 1 amide bonds. The van der Waals surface area contributed by atoms with E-state index in [0.717, 1.165) is 23.8 Å². The van der Waals surface area contributed by atoms with Crippen molar-refractivity contribution in [1.82, 2.24) is 14.9 Å². The van der Waals surface area contributed by atoms with Gasteiger partial charge < -0.3 is 14.5 Å². The van der Waals surface area contributed by atoms with Gasteiger partial charge in [-0.2, -0.15) is 0 Å². The molecule has 0 radical (unpaired) electrons. The monoisotopic (exact) mass is 344 g/mol. The molecule has 2 aliphatic heterocycles. The molecule has 7 heteroatoms. The predicted octanol–water partition coefficient (Wildman–Crippen LogP) is 2.35. The molecule has 0 aliphatic carbocycles. The van der Waals surface area contributed by atoms with Crippen molar-refractivity contribution in [3.63, 3.8) is 0 Å². The Morgan fingerprint density at radius 2 is 2.12 bits per heavy atom. The van der Waals surface area contributed by atoms with Gasteiger partial charge in [0.1, 0.15) is 11.9 Å². The van der Waals surface area contributed by atoms with Crippen LogP contribution in [0.4, 0.5) is 5.82 Å². The summed E-state index contributed by atoms with van der Waals surface area (Å²) in [7, 11) is 0. The van der Waals surface area contributed by atoms with Crippen molar-refractivity contribution in [2.45, 2.75) is 18.9 Å². The lowest BCUT2D eigenvalue weighted by Crippen LogP contribution is -2.44. The van der Waals surface area contributed by atoms with Crippen molar-refractivity contribution < 1.29 is 9.53 Å². The van der Waals surface area contributed by atoms with Crippen LogP contribution in [0.25, 0.3) is 0 Å². The summed E-state index contributed by atoms with van der Waals surface area (Å²) >= 11 is 1.46. The van der Waals surface area contributed by atoms with Crippen molar-refractivity contribution >= 4 is 23.1 Å². The second kappa shape index (κ2) is 6.86. The number of anilines is 1. The average molecular weight is 344 g/mol. The molecule has 0 aromatic carbocycles. The maximum atomic E-state index is 12.8. The van der Waals surface area contributed by atoms with E-state index in [4.69, 9.17) is 9.72 Å². The molecule has 126 valence electrons. The zero-order valence-corrected chi connectivity index (χ0v) is 14.2. The Kier molecular flexibility index (Phi) is 4.44. The summed E-state index contributed by atoms with van der Waals surface area (Å²) in [6.45, 7) is 3.64. The molecule has 0 spiro atoms. The number of amides is 1. The fourth-order valence-electron chi connectivity index (χ4n) is 3.25. The Hall–Kier alpha value is -1.99. The maximum absolute atomic E-state index is 12.8. The smallest absolute Gasteiger partial charge is 0.264 e. The minimum absolute atomic E-state index is 0.0356. The van der Waals surface area contributed by atoms with Crippen molar-refractivity contribution in [3.05, 3.63) is 40.5 Å². The highest BCUT2D eigenvalue weighted by atomic mass is 32.1. The lowest BCUT2D eigenvalue weighted by Gasteiger charge is -2.34. The topological polar surface area (TPSA) is 58.6 Å². The summed E-state index contributed by atoms with van der Waals surface area (Å²) in [5.41, 5.74) is 0. The van der Waals surface area contributed by atoms with Crippen molar-refractivity contribution in [3.8, 4) is 0 Å². The lowest BCUT2D eigenvalue weighted by atomic mass is 10.2. The molecule has 0 unspecified atom stereocenters. The van der Waals surface area contributed by atoms with Gasteiger partial charge in [0.25, 0.3) is 5.91 Å². The first-order valence-electron chi connectivity index (χ1n) is 8.33. The van der Waals surface area contributed by atoms with Crippen LogP contribution in [0.3, 0.4) is 0 Å². The molecule has 2 saturated heterocycles. The number of rotatable bonds is 3. The van der Waals surface area contributed by atoms with E-state index < -0.39 is 0 Å². The number of ether oxygens (including phenoxy) is 1. The van der Waals surface area contributed by atoms with Crippen LogP contribution < -0.4 is 4.90 Å². The van der Waals surface area contributed by atoms with Gasteiger partial charge in [-0.15, -0.1) is 11.3 Å². The van der Waals surface area contributed by atoms with E-state index in [1.54, 1.807) is 6.20 Å². The van der Waals surface area contributed by atoms with Gasteiger partial charge in [0.15, 0.2) is 5.82 Å². The van der Waals surface area contributed by atoms with Gasteiger partial charge in [0.2, 0.25) is 0 Å². The Bertz CT molecular complexity index is 700. The van der Waals surface area contributed by atoms with E-state index in [0.29, 0.717) is 25.6 Å². The Morgan fingerprint density at radius 3 is 2.92 bits per heavy atom. The molecule has 24 heavy (non-hydrogen) atoms. The fourth-order valence-corrected chi connectivity index (χ4v) is 3.93. The SMILES string of the molecule is O=C(c1cccs1)N1CCOC[C@@H]1c1nccc(N2CCCC2)n1. The predicted molar refractivity (Wildman–Crippen MR) is 92.4 cm³/mol. The first-order chi connectivity index (χ1) is 11.8. The minimum Gasteiger partial charge on any atom is -0.377 e. The minimum atomic E-state index is -0.226. The summed E-state index contributed by atoms with van der Waals surface area (Å²) in [4.78, 5) is 26.8. The molecular formula is C17H20N4O2S. The number of carbonyl (C=O) groups excluding carboxylic acids is 1. The maximum Gasteiger partial charge on any atom is 0.264 e. The van der Waals surface area contributed by atoms with Crippen molar-refractivity contribution in [2.75, 3.05) is 37.7 Å².